The van der Waals surface area contributed by atoms with Crippen LogP contribution in [0.5, 0.6) is 5.75 Å². The Hall–Kier alpha value is -1.86. The van der Waals surface area contributed by atoms with Crippen LogP contribution in [0.3, 0.4) is 0 Å². The van der Waals surface area contributed by atoms with E-state index in [-0.39, 0.29) is 10.8 Å². The summed E-state index contributed by atoms with van der Waals surface area (Å²) in [5.74, 6) is -2.53. The molecule has 0 spiro atoms. The van der Waals surface area contributed by atoms with Crippen molar-refractivity contribution in [3.05, 3.63) is 29.0 Å². The summed E-state index contributed by atoms with van der Waals surface area (Å²) in [6, 6.07) is 3.44. The summed E-state index contributed by atoms with van der Waals surface area (Å²) >= 11 is 5.76. The molecule has 2 unspecified atom stereocenters. The van der Waals surface area contributed by atoms with Crippen LogP contribution in [0.15, 0.2) is 18.2 Å². The van der Waals surface area contributed by atoms with Gasteiger partial charge in [0.05, 0.1) is 11.6 Å². The van der Waals surface area contributed by atoms with E-state index in [1.165, 1.54) is 13.0 Å². The fraction of sp³-hybridized carbons (Fsp3) is 0.385. The summed E-state index contributed by atoms with van der Waals surface area (Å²) in [5, 5.41) is 20.4. The summed E-state index contributed by atoms with van der Waals surface area (Å²) in [4.78, 5) is 22.4. The lowest BCUT2D eigenvalue weighted by Crippen LogP contribution is -2.49. The van der Waals surface area contributed by atoms with Crippen molar-refractivity contribution in [2.45, 2.75) is 25.6 Å². The fourth-order valence-electron chi connectivity index (χ4n) is 1.29. The van der Waals surface area contributed by atoms with Crippen LogP contribution in [0.4, 0.5) is 4.39 Å². The van der Waals surface area contributed by atoms with Gasteiger partial charge in [-0.1, -0.05) is 11.6 Å². The van der Waals surface area contributed by atoms with Gasteiger partial charge < -0.3 is 20.3 Å². The summed E-state index contributed by atoms with van der Waals surface area (Å²) in [7, 11) is 0. The largest absolute Gasteiger partial charge is 0.479 e. The Morgan fingerprint density at radius 2 is 2.14 bits per heavy atom. The number of aliphatic carboxylic acids is 1. The minimum Gasteiger partial charge on any atom is -0.479 e. The molecule has 21 heavy (non-hydrogen) atoms. The van der Waals surface area contributed by atoms with Gasteiger partial charge >= 0.3 is 5.97 Å². The Bertz CT molecular complexity index is 549. The molecule has 0 aliphatic heterocycles. The van der Waals surface area contributed by atoms with E-state index in [0.29, 0.717) is 0 Å². The van der Waals surface area contributed by atoms with Crippen LogP contribution in [0.2, 0.25) is 5.02 Å². The molecule has 0 fully saturated rings. The summed E-state index contributed by atoms with van der Waals surface area (Å²) in [6.07, 6.45) is -1.00. The number of aliphatic hydroxyl groups is 1. The third-order valence-corrected chi connectivity index (χ3v) is 2.93. The number of amides is 1. The number of carboxylic acids is 1. The predicted octanol–water partition coefficient (Wildman–Crippen LogP) is 1.20. The van der Waals surface area contributed by atoms with Crippen LogP contribution in [0.25, 0.3) is 0 Å². The molecule has 0 aliphatic rings. The molecule has 0 bridgehead atoms. The van der Waals surface area contributed by atoms with Crippen molar-refractivity contribution in [1.29, 1.82) is 0 Å². The number of nitrogens with one attached hydrogen (secondary N) is 1. The molecule has 0 aliphatic carbocycles. The first-order valence-corrected chi connectivity index (χ1v) is 6.36. The molecule has 116 valence electrons. The number of rotatable bonds is 6. The monoisotopic (exact) mass is 319 g/mol. The molecule has 1 amide bonds. The number of carboxylic acid groups (broad SMARTS) is 1. The highest BCUT2D eigenvalue weighted by Crippen LogP contribution is 2.25. The molecule has 1 rings (SSSR count). The highest BCUT2D eigenvalue weighted by molar-refractivity contribution is 6.32. The van der Waals surface area contributed by atoms with E-state index < -0.39 is 35.9 Å². The number of ether oxygens (including phenoxy) is 1. The van der Waals surface area contributed by atoms with Crippen LogP contribution >= 0.6 is 11.6 Å². The van der Waals surface area contributed by atoms with Gasteiger partial charge in [-0.2, -0.15) is 0 Å². The number of hydrogen-bond acceptors (Lipinski definition) is 4. The van der Waals surface area contributed by atoms with Crippen LogP contribution in [0.1, 0.15) is 13.8 Å². The molecular formula is C13H15ClFNO5. The third-order valence-electron chi connectivity index (χ3n) is 2.63. The Labute approximate surface area is 125 Å². The number of benzene rings is 1. The predicted molar refractivity (Wildman–Crippen MR) is 72.8 cm³/mol. The number of hydrogen-bond donors (Lipinski definition) is 3. The zero-order valence-electron chi connectivity index (χ0n) is 11.4. The van der Waals surface area contributed by atoms with E-state index >= 15 is 0 Å². The Balaban J connectivity index is 2.61. The highest BCUT2D eigenvalue weighted by Gasteiger charge is 2.31. The topological polar surface area (TPSA) is 95.9 Å². The second-order valence-electron chi connectivity index (χ2n) is 4.63. The lowest BCUT2D eigenvalue weighted by atomic mass is 10.1. The molecular weight excluding hydrogens is 305 g/mol. The first kappa shape index (κ1) is 17.2. The van der Waals surface area contributed by atoms with Gasteiger partial charge in [0.2, 0.25) is 0 Å². The number of halogens is 2. The van der Waals surface area contributed by atoms with E-state index in [9.17, 15) is 19.1 Å². The molecule has 0 heterocycles. The van der Waals surface area contributed by atoms with Crippen LogP contribution in [-0.4, -0.2) is 40.3 Å². The minimum absolute atomic E-state index is 0.00665. The average molecular weight is 320 g/mol. The SMILES string of the molecule is CC(Oc1ccc(F)cc1Cl)C(=O)NCC(C)(O)C(=O)O. The summed E-state index contributed by atoms with van der Waals surface area (Å²) < 4.78 is 18.1. The van der Waals surface area contributed by atoms with Crippen LogP contribution in [-0.2, 0) is 9.59 Å². The third kappa shape index (κ3) is 4.87. The molecule has 6 nitrogen and oxygen atoms in total. The van der Waals surface area contributed by atoms with Crippen molar-refractivity contribution in [1.82, 2.24) is 5.32 Å². The van der Waals surface area contributed by atoms with E-state index in [2.05, 4.69) is 5.32 Å². The summed E-state index contributed by atoms with van der Waals surface area (Å²) in [6.45, 7) is 1.98. The molecule has 1 aromatic carbocycles. The van der Waals surface area contributed by atoms with Gasteiger partial charge in [-0.15, -0.1) is 0 Å². The molecule has 0 saturated carbocycles. The molecule has 2 atom stereocenters. The minimum atomic E-state index is -2.08. The van der Waals surface area contributed by atoms with E-state index in [1.54, 1.807) is 0 Å². The second kappa shape index (κ2) is 6.73. The second-order valence-corrected chi connectivity index (χ2v) is 5.04. The van der Waals surface area contributed by atoms with E-state index in [0.717, 1.165) is 19.1 Å². The maximum atomic E-state index is 12.9. The molecule has 8 heteroatoms. The molecule has 0 radical (unpaired) electrons. The van der Waals surface area contributed by atoms with E-state index in [4.69, 9.17) is 21.4 Å². The fourth-order valence-corrected chi connectivity index (χ4v) is 1.51. The lowest BCUT2D eigenvalue weighted by molar-refractivity contribution is -0.156. The molecule has 1 aromatic rings. The van der Waals surface area contributed by atoms with Gasteiger partial charge in [0.1, 0.15) is 11.6 Å². The Kier molecular flexibility index (Phi) is 5.51. The quantitative estimate of drug-likeness (QED) is 0.732. The van der Waals surface area contributed by atoms with Crippen molar-refractivity contribution in [2.24, 2.45) is 0 Å². The van der Waals surface area contributed by atoms with Crippen molar-refractivity contribution in [3.8, 4) is 5.75 Å². The van der Waals surface area contributed by atoms with Crippen LogP contribution < -0.4 is 10.1 Å². The number of carbonyl (C=O) groups is 2. The van der Waals surface area contributed by atoms with E-state index in [1.807, 2.05) is 0 Å². The van der Waals surface area contributed by atoms with Gasteiger partial charge in [0.15, 0.2) is 11.7 Å². The maximum Gasteiger partial charge on any atom is 0.337 e. The van der Waals surface area contributed by atoms with Gasteiger partial charge in [-0.05, 0) is 32.0 Å². The standard InChI is InChI=1S/C13H15ClFNO5/c1-7(11(17)16-6-13(2,20)12(18)19)21-10-4-3-8(15)5-9(10)14/h3-5,7,20H,6H2,1-2H3,(H,16,17)(H,18,19). The summed E-state index contributed by atoms with van der Waals surface area (Å²) in [5.41, 5.74) is -2.08. The zero-order valence-corrected chi connectivity index (χ0v) is 12.1. The van der Waals surface area contributed by atoms with Gasteiger partial charge in [-0.3, -0.25) is 4.79 Å². The molecule has 0 saturated heterocycles. The molecule has 3 N–H and O–H groups in total. The highest BCUT2D eigenvalue weighted by atomic mass is 35.5. The number of carbonyl (C=O) groups excluding carboxylic acids is 1. The van der Waals surface area contributed by atoms with Crippen molar-refractivity contribution >= 4 is 23.5 Å². The zero-order chi connectivity index (χ0) is 16.2. The van der Waals surface area contributed by atoms with Gasteiger partial charge in [-0.25, -0.2) is 9.18 Å². The normalized spacial score (nSPS) is 14.9. The maximum absolute atomic E-state index is 12.9. The Morgan fingerprint density at radius 3 is 2.67 bits per heavy atom. The van der Waals surface area contributed by atoms with Crippen molar-refractivity contribution in [3.63, 3.8) is 0 Å². The van der Waals surface area contributed by atoms with Crippen molar-refractivity contribution < 1.29 is 28.9 Å². The molecule has 0 aromatic heterocycles. The first-order valence-electron chi connectivity index (χ1n) is 5.98. The Morgan fingerprint density at radius 1 is 1.52 bits per heavy atom. The smallest absolute Gasteiger partial charge is 0.337 e. The van der Waals surface area contributed by atoms with Crippen LogP contribution in [0, 0.1) is 5.82 Å². The van der Waals surface area contributed by atoms with Gasteiger partial charge in [0.25, 0.3) is 5.91 Å². The van der Waals surface area contributed by atoms with Gasteiger partial charge in [0, 0.05) is 0 Å². The van der Waals surface area contributed by atoms with Crippen molar-refractivity contribution in [2.75, 3.05) is 6.54 Å². The first-order chi connectivity index (χ1) is 9.63. The average Bonchev–Trinajstić information content (AvgIpc) is 2.39. The lowest BCUT2D eigenvalue weighted by Gasteiger charge is -2.20.